The van der Waals surface area contributed by atoms with Gasteiger partial charge in [0.15, 0.2) is 6.61 Å². The molecule has 1 aliphatic rings. The number of rotatable bonds is 3. The summed E-state index contributed by atoms with van der Waals surface area (Å²) in [7, 11) is 0. The summed E-state index contributed by atoms with van der Waals surface area (Å²) in [5.74, 6) is -0.697. The Morgan fingerprint density at radius 3 is 2.36 bits per heavy atom. The lowest BCUT2D eigenvalue weighted by Crippen LogP contribution is -2.49. The van der Waals surface area contributed by atoms with Gasteiger partial charge in [0.2, 0.25) is 0 Å². The van der Waals surface area contributed by atoms with E-state index in [1.54, 1.807) is 12.1 Å². The quantitative estimate of drug-likeness (QED) is 0.804. The molecule has 1 fully saturated rings. The van der Waals surface area contributed by atoms with Gasteiger partial charge in [-0.15, -0.1) is 0 Å². The van der Waals surface area contributed by atoms with Crippen LogP contribution in [0.25, 0.3) is 0 Å². The largest absolute Gasteiger partial charge is 0.452 e. The predicted molar refractivity (Wildman–Crippen MR) is 81.1 cm³/mol. The van der Waals surface area contributed by atoms with Crippen LogP contribution in [0.3, 0.4) is 0 Å². The van der Waals surface area contributed by atoms with Gasteiger partial charge in [-0.05, 0) is 57.4 Å². The van der Waals surface area contributed by atoms with E-state index in [-0.39, 0.29) is 24.6 Å². The van der Waals surface area contributed by atoms with Crippen LogP contribution in [0.2, 0.25) is 0 Å². The van der Waals surface area contributed by atoms with Crippen LogP contribution in [0.15, 0.2) is 24.3 Å². The highest BCUT2D eigenvalue weighted by Crippen LogP contribution is 2.22. The van der Waals surface area contributed by atoms with E-state index in [0.29, 0.717) is 11.1 Å². The van der Waals surface area contributed by atoms with Gasteiger partial charge in [-0.25, -0.2) is 4.79 Å². The van der Waals surface area contributed by atoms with Gasteiger partial charge in [0, 0.05) is 12.1 Å². The zero-order chi connectivity index (χ0) is 16.1. The summed E-state index contributed by atoms with van der Waals surface area (Å²) in [5, 5.41) is 8.72. The van der Waals surface area contributed by atoms with Crippen LogP contribution in [0.4, 0.5) is 0 Å². The molecular formula is C17H20N2O3. The van der Waals surface area contributed by atoms with Crippen molar-refractivity contribution in [2.24, 2.45) is 0 Å². The SMILES string of the molecule is C[C@@H]1CCC[C@H](C)N1C(=O)COC(=O)c1ccc(C#N)cc1. The molecule has 0 radical (unpaired) electrons. The lowest BCUT2D eigenvalue weighted by atomic mass is 9.97. The highest BCUT2D eigenvalue weighted by Gasteiger charge is 2.29. The van der Waals surface area contributed by atoms with Gasteiger partial charge in [0.25, 0.3) is 5.91 Å². The number of nitrogens with zero attached hydrogens (tertiary/aromatic N) is 2. The Balaban J connectivity index is 1.92. The van der Waals surface area contributed by atoms with Crippen molar-refractivity contribution in [3.8, 4) is 6.07 Å². The van der Waals surface area contributed by atoms with E-state index < -0.39 is 5.97 Å². The monoisotopic (exact) mass is 300 g/mol. The Hall–Kier alpha value is -2.35. The van der Waals surface area contributed by atoms with Crippen molar-refractivity contribution in [3.05, 3.63) is 35.4 Å². The average molecular weight is 300 g/mol. The molecule has 1 aliphatic heterocycles. The van der Waals surface area contributed by atoms with Crippen LogP contribution in [-0.2, 0) is 9.53 Å². The van der Waals surface area contributed by atoms with E-state index in [1.807, 2.05) is 24.8 Å². The molecule has 0 spiro atoms. The first-order valence-corrected chi connectivity index (χ1v) is 7.51. The summed E-state index contributed by atoms with van der Waals surface area (Å²) < 4.78 is 5.10. The molecule has 5 nitrogen and oxygen atoms in total. The molecule has 0 bridgehead atoms. The number of likely N-dealkylation sites (tertiary alicyclic amines) is 1. The molecule has 1 aromatic carbocycles. The second-order valence-electron chi connectivity index (χ2n) is 5.70. The van der Waals surface area contributed by atoms with Gasteiger partial charge >= 0.3 is 5.97 Å². The number of nitriles is 1. The lowest BCUT2D eigenvalue weighted by Gasteiger charge is -2.38. The molecule has 0 saturated carbocycles. The Morgan fingerprint density at radius 2 is 1.82 bits per heavy atom. The molecule has 2 rings (SSSR count). The predicted octanol–water partition coefficient (Wildman–Crippen LogP) is 2.50. The van der Waals surface area contributed by atoms with Crippen LogP contribution >= 0.6 is 0 Å². The molecule has 0 unspecified atom stereocenters. The minimum atomic E-state index is -0.546. The number of benzene rings is 1. The first-order valence-electron chi connectivity index (χ1n) is 7.51. The summed E-state index contributed by atoms with van der Waals surface area (Å²) in [5.41, 5.74) is 0.815. The maximum Gasteiger partial charge on any atom is 0.338 e. The fourth-order valence-corrected chi connectivity index (χ4v) is 2.88. The smallest absolute Gasteiger partial charge is 0.338 e. The van der Waals surface area contributed by atoms with E-state index in [1.165, 1.54) is 12.1 Å². The standard InChI is InChI=1S/C17H20N2O3/c1-12-4-3-5-13(2)19(12)16(20)11-22-17(21)15-8-6-14(10-18)7-9-15/h6-9,12-13H,3-5,11H2,1-2H3/t12-,13+. The third-order valence-electron chi connectivity index (χ3n) is 4.06. The van der Waals surface area contributed by atoms with Gasteiger partial charge in [-0.2, -0.15) is 5.26 Å². The van der Waals surface area contributed by atoms with Crippen molar-refractivity contribution < 1.29 is 14.3 Å². The Bertz CT molecular complexity index is 579. The third kappa shape index (κ3) is 3.64. The second-order valence-corrected chi connectivity index (χ2v) is 5.70. The van der Waals surface area contributed by atoms with Crippen LogP contribution in [0, 0.1) is 11.3 Å². The Kier molecular flexibility index (Phi) is 5.16. The van der Waals surface area contributed by atoms with Crippen molar-refractivity contribution in [1.29, 1.82) is 5.26 Å². The minimum absolute atomic E-state index is 0.151. The molecule has 1 saturated heterocycles. The number of hydrogen-bond acceptors (Lipinski definition) is 4. The van der Waals surface area contributed by atoms with Gasteiger partial charge in [-0.3, -0.25) is 4.79 Å². The zero-order valence-corrected chi connectivity index (χ0v) is 12.9. The number of hydrogen-bond donors (Lipinski definition) is 0. The highest BCUT2D eigenvalue weighted by molar-refractivity contribution is 5.91. The van der Waals surface area contributed by atoms with Crippen LogP contribution in [-0.4, -0.2) is 35.5 Å². The van der Waals surface area contributed by atoms with Crippen molar-refractivity contribution in [2.75, 3.05) is 6.61 Å². The van der Waals surface area contributed by atoms with E-state index in [0.717, 1.165) is 19.3 Å². The Labute approximate surface area is 130 Å². The first-order chi connectivity index (χ1) is 10.5. The number of piperidine rings is 1. The van der Waals surface area contributed by atoms with Gasteiger partial charge in [0.1, 0.15) is 0 Å². The summed E-state index contributed by atoms with van der Waals surface area (Å²) in [4.78, 5) is 26.0. The topological polar surface area (TPSA) is 70.4 Å². The maximum absolute atomic E-state index is 12.3. The van der Waals surface area contributed by atoms with Gasteiger partial charge < -0.3 is 9.64 Å². The molecule has 0 N–H and O–H groups in total. The normalized spacial score (nSPS) is 21.0. The van der Waals surface area contributed by atoms with Crippen LogP contribution < -0.4 is 0 Å². The molecule has 0 aliphatic carbocycles. The van der Waals surface area contributed by atoms with Crippen molar-refractivity contribution >= 4 is 11.9 Å². The zero-order valence-electron chi connectivity index (χ0n) is 12.9. The van der Waals surface area contributed by atoms with Crippen molar-refractivity contribution in [3.63, 3.8) is 0 Å². The van der Waals surface area contributed by atoms with E-state index in [4.69, 9.17) is 10.00 Å². The van der Waals surface area contributed by atoms with Gasteiger partial charge in [-0.1, -0.05) is 0 Å². The summed E-state index contributed by atoms with van der Waals surface area (Å²) >= 11 is 0. The van der Waals surface area contributed by atoms with Crippen molar-refractivity contribution in [1.82, 2.24) is 4.90 Å². The lowest BCUT2D eigenvalue weighted by molar-refractivity contribution is -0.140. The van der Waals surface area contributed by atoms with Crippen LogP contribution in [0.5, 0.6) is 0 Å². The molecule has 2 atom stereocenters. The fourth-order valence-electron chi connectivity index (χ4n) is 2.88. The molecule has 1 amide bonds. The first kappa shape index (κ1) is 16.0. The highest BCUT2D eigenvalue weighted by atomic mass is 16.5. The van der Waals surface area contributed by atoms with Crippen molar-refractivity contribution in [2.45, 2.75) is 45.2 Å². The maximum atomic E-state index is 12.3. The third-order valence-corrected chi connectivity index (χ3v) is 4.06. The molecule has 22 heavy (non-hydrogen) atoms. The number of ether oxygens (including phenoxy) is 1. The number of amides is 1. The number of carbonyl (C=O) groups is 2. The molecule has 116 valence electrons. The fraction of sp³-hybridized carbons (Fsp3) is 0.471. The molecule has 0 aromatic heterocycles. The minimum Gasteiger partial charge on any atom is -0.452 e. The molecular weight excluding hydrogens is 280 g/mol. The van der Waals surface area contributed by atoms with E-state index in [9.17, 15) is 9.59 Å². The summed E-state index contributed by atoms with van der Waals surface area (Å²) in [6, 6.07) is 8.50. The van der Waals surface area contributed by atoms with E-state index in [2.05, 4.69) is 0 Å². The molecule has 5 heteroatoms. The Morgan fingerprint density at radius 1 is 1.23 bits per heavy atom. The molecule has 1 aromatic rings. The van der Waals surface area contributed by atoms with Crippen LogP contribution in [0.1, 0.15) is 49.0 Å². The number of esters is 1. The average Bonchev–Trinajstić information content (AvgIpc) is 2.52. The van der Waals surface area contributed by atoms with Gasteiger partial charge in [0.05, 0.1) is 17.2 Å². The molecule has 1 heterocycles. The number of carbonyl (C=O) groups excluding carboxylic acids is 2. The second kappa shape index (κ2) is 7.08. The van der Waals surface area contributed by atoms with E-state index >= 15 is 0 Å². The summed E-state index contributed by atoms with van der Waals surface area (Å²) in [6.07, 6.45) is 3.09. The summed E-state index contributed by atoms with van der Waals surface area (Å²) in [6.45, 7) is 3.81.